The van der Waals surface area contributed by atoms with Crippen molar-refractivity contribution in [3.63, 3.8) is 0 Å². The molecule has 0 aliphatic carbocycles. The van der Waals surface area contributed by atoms with Crippen LogP contribution in [0, 0.1) is 11.8 Å². The van der Waals surface area contributed by atoms with Gasteiger partial charge in [0.1, 0.15) is 11.9 Å². The third kappa shape index (κ3) is 4.88. The second-order valence-electron chi connectivity index (χ2n) is 5.36. The summed E-state index contributed by atoms with van der Waals surface area (Å²) in [6.45, 7) is 9.29. The lowest BCUT2D eigenvalue weighted by atomic mass is 10.1. The van der Waals surface area contributed by atoms with E-state index in [1.54, 1.807) is 7.11 Å². The molecule has 0 bridgehead atoms. The van der Waals surface area contributed by atoms with Gasteiger partial charge in [-0.2, -0.15) is 0 Å². The third-order valence-electron chi connectivity index (χ3n) is 3.26. The third-order valence-corrected chi connectivity index (χ3v) is 3.26. The largest absolute Gasteiger partial charge is 0.497 e. The first-order chi connectivity index (χ1) is 9.45. The van der Waals surface area contributed by atoms with Gasteiger partial charge in [-0.05, 0) is 45.4 Å². The molecule has 1 aromatic rings. The number of nitrogens with zero attached hydrogens (tertiary/aromatic N) is 1. The number of aliphatic hydroxyl groups is 1. The summed E-state index contributed by atoms with van der Waals surface area (Å²) in [6.07, 6.45) is -0.748. The van der Waals surface area contributed by atoms with Crippen molar-refractivity contribution in [3.8, 4) is 17.6 Å². The van der Waals surface area contributed by atoms with E-state index in [9.17, 15) is 5.11 Å². The Hall–Kier alpha value is -1.50. The lowest BCUT2D eigenvalue weighted by molar-refractivity contribution is 0.199. The molecule has 0 aliphatic rings. The van der Waals surface area contributed by atoms with Gasteiger partial charge in [-0.3, -0.25) is 4.90 Å². The summed E-state index contributed by atoms with van der Waals surface area (Å²) in [5.74, 6) is 6.75. The number of benzene rings is 1. The smallest absolute Gasteiger partial charge is 0.140 e. The molecule has 0 fully saturated rings. The number of aliphatic hydroxyl groups excluding tert-OH is 1. The fourth-order valence-electron chi connectivity index (χ4n) is 2.06. The topological polar surface area (TPSA) is 32.7 Å². The maximum absolute atomic E-state index is 10.0. The molecule has 1 unspecified atom stereocenters. The van der Waals surface area contributed by atoms with E-state index in [2.05, 4.69) is 44.4 Å². The molecule has 1 atom stereocenters. The fourth-order valence-corrected chi connectivity index (χ4v) is 2.06. The van der Waals surface area contributed by atoms with Crippen LogP contribution >= 0.6 is 0 Å². The van der Waals surface area contributed by atoms with Crippen molar-refractivity contribution in [3.05, 3.63) is 29.8 Å². The summed E-state index contributed by atoms with van der Waals surface area (Å²) in [5, 5.41) is 10.0. The van der Waals surface area contributed by atoms with Crippen LogP contribution in [0.2, 0.25) is 0 Å². The molecule has 0 spiro atoms. The van der Waals surface area contributed by atoms with Crippen LogP contribution in [0.15, 0.2) is 24.3 Å². The fraction of sp³-hybridized carbons (Fsp3) is 0.529. The van der Waals surface area contributed by atoms with Crippen LogP contribution < -0.4 is 4.74 Å². The van der Waals surface area contributed by atoms with Gasteiger partial charge in [0, 0.05) is 12.1 Å². The Labute approximate surface area is 122 Å². The molecular formula is C17H25NO2. The van der Waals surface area contributed by atoms with Gasteiger partial charge < -0.3 is 9.84 Å². The zero-order valence-corrected chi connectivity index (χ0v) is 13.1. The number of hydrogen-bond acceptors (Lipinski definition) is 3. The Morgan fingerprint density at radius 2 is 1.65 bits per heavy atom. The minimum Gasteiger partial charge on any atom is -0.497 e. The van der Waals surface area contributed by atoms with E-state index in [0.717, 1.165) is 11.3 Å². The molecule has 20 heavy (non-hydrogen) atoms. The minimum absolute atomic E-state index is 0.447. The highest BCUT2D eigenvalue weighted by molar-refractivity contribution is 5.31. The summed E-state index contributed by atoms with van der Waals surface area (Å²) in [7, 11) is 1.62. The Balaban J connectivity index is 2.65. The minimum atomic E-state index is -0.748. The Morgan fingerprint density at radius 1 is 1.10 bits per heavy atom. The zero-order valence-electron chi connectivity index (χ0n) is 13.1. The lowest BCUT2D eigenvalue weighted by Crippen LogP contribution is -2.37. The molecule has 1 N–H and O–H groups in total. The van der Waals surface area contributed by atoms with Gasteiger partial charge in [0.15, 0.2) is 0 Å². The van der Waals surface area contributed by atoms with Crippen molar-refractivity contribution in [1.82, 2.24) is 4.90 Å². The van der Waals surface area contributed by atoms with Crippen molar-refractivity contribution in [2.45, 2.75) is 45.9 Å². The molecule has 0 saturated heterocycles. The zero-order chi connectivity index (χ0) is 15.1. The van der Waals surface area contributed by atoms with Crippen LogP contribution in [-0.4, -0.2) is 35.7 Å². The highest BCUT2D eigenvalue weighted by Crippen LogP contribution is 2.16. The van der Waals surface area contributed by atoms with Gasteiger partial charge in [0.25, 0.3) is 0 Å². The molecule has 1 rings (SSSR count). The van der Waals surface area contributed by atoms with Crippen LogP contribution in [0.5, 0.6) is 5.75 Å². The van der Waals surface area contributed by atoms with E-state index in [1.807, 2.05) is 24.3 Å². The first-order valence-electron chi connectivity index (χ1n) is 7.01. The van der Waals surface area contributed by atoms with E-state index >= 15 is 0 Å². The van der Waals surface area contributed by atoms with Crippen LogP contribution in [0.25, 0.3) is 0 Å². The first kappa shape index (κ1) is 16.6. The summed E-state index contributed by atoms with van der Waals surface area (Å²) >= 11 is 0. The molecule has 0 amide bonds. The van der Waals surface area contributed by atoms with E-state index in [-0.39, 0.29) is 0 Å². The van der Waals surface area contributed by atoms with Gasteiger partial charge in [-0.1, -0.05) is 24.0 Å². The second kappa shape index (κ2) is 7.94. The monoisotopic (exact) mass is 275 g/mol. The van der Waals surface area contributed by atoms with E-state index in [1.165, 1.54) is 0 Å². The average molecular weight is 275 g/mol. The van der Waals surface area contributed by atoms with Crippen molar-refractivity contribution >= 4 is 0 Å². The second-order valence-corrected chi connectivity index (χ2v) is 5.36. The molecule has 0 heterocycles. The maximum Gasteiger partial charge on any atom is 0.140 e. The van der Waals surface area contributed by atoms with Crippen molar-refractivity contribution < 1.29 is 9.84 Å². The highest BCUT2D eigenvalue weighted by atomic mass is 16.5. The van der Waals surface area contributed by atoms with E-state index in [4.69, 9.17) is 4.74 Å². The molecule has 3 heteroatoms. The van der Waals surface area contributed by atoms with Crippen LogP contribution in [0.4, 0.5) is 0 Å². The quantitative estimate of drug-likeness (QED) is 0.839. The standard InChI is InChI=1S/C17H25NO2/c1-13(2)18(14(3)4)12-6-7-17(19)15-8-10-16(20-5)11-9-15/h8-11,13-14,17,19H,12H2,1-5H3. The molecule has 3 nitrogen and oxygen atoms in total. The lowest BCUT2D eigenvalue weighted by Gasteiger charge is -2.28. The Kier molecular flexibility index (Phi) is 6.57. The summed E-state index contributed by atoms with van der Waals surface area (Å²) in [4.78, 5) is 2.29. The number of hydrogen-bond donors (Lipinski definition) is 1. The average Bonchev–Trinajstić information content (AvgIpc) is 2.42. The van der Waals surface area contributed by atoms with Gasteiger partial charge in [0.2, 0.25) is 0 Å². The first-order valence-corrected chi connectivity index (χ1v) is 7.01. The SMILES string of the molecule is COc1ccc(C(O)C#CCN(C(C)C)C(C)C)cc1. The normalized spacial score (nSPS) is 12.4. The van der Waals surface area contributed by atoms with Crippen molar-refractivity contribution in [2.24, 2.45) is 0 Å². The Morgan fingerprint density at radius 3 is 2.10 bits per heavy atom. The maximum atomic E-state index is 10.0. The summed E-state index contributed by atoms with van der Waals surface area (Å²) in [5.41, 5.74) is 0.791. The van der Waals surface area contributed by atoms with Crippen LogP contribution in [0.3, 0.4) is 0 Å². The van der Waals surface area contributed by atoms with Gasteiger partial charge in [0.05, 0.1) is 13.7 Å². The molecule has 0 saturated carbocycles. The highest BCUT2D eigenvalue weighted by Gasteiger charge is 2.11. The number of rotatable bonds is 5. The van der Waals surface area contributed by atoms with Gasteiger partial charge in [-0.15, -0.1) is 0 Å². The number of ether oxygens (including phenoxy) is 1. The predicted octanol–water partition coefficient (Wildman–Crippen LogP) is 2.85. The number of methoxy groups -OCH3 is 1. The van der Waals surface area contributed by atoms with Gasteiger partial charge >= 0.3 is 0 Å². The summed E-state index contributed by atoms with van der Waals surface area (Å²) in [6, 6.07) is 8.22. The van der Waals surface area contributed by atoms with Crippen molar-refractivity contribution in [1.29, 1.82) is 0 Å². The van der Waals surface area contributed by atoms with Crippen LogP contribution in [0.1, 0.15) is 39.4 Å². The van der Waals surface area contributed by atoms with Crippen LogP contribution in [-0.2, 0) is 0 Å². The van der Waals surface area contributed by atoms with Gasteiger partial charge in [-0.25, -0.2) is 0 Å². The van der Waals surface area contributed by atoms with Crippen molar-refractivity contribution in [2.75, 3.05) is 13.7 Å². The van der Waals surface area contributed by atoms with E-state index < -0.39 is 6.10 Å². The Bertz CT molecular complexity index is 446. The molecule has 0 aliphatic heterocycles. The molecule has 0 radical (unpaired) electrons. The molecule has 1 aromatic carbocycles. The summed E-state index contributed by atoms with van der Waals surface area (Å²) < 4.78 is 5.09. The molecule has 110 valence electrons. The molecular weight excluding hydrogens is 250 g/mol. The molecule has 0 aromatic heterocycles. The predicted molar refractivity (Wildman–Crippen MR) is 82.7 cm³/mol. The van der Waals surface area contributed by atoms with E-state index in [0.29, 0.717) is 18.6 Å².